The largest absolute Gasteiger partial charge is 0.332 e. The second kappa shape index (κ2) is 9.63. The summed E-state index contributed by atoms with van der Waals surface area (Å²) in [5.41, 5.74) is 8.73. The van der Waals surface area contributed by atoms with Gasteiger partial charge in [-0.1, -0.05) is 25.1 Å². The van der Waals surface area contributed by atoms with Crippen molar-refractivity contribution in [3.05, 3.63) is 82.4 Å². The maximum Gasteiger partial charge on any atom is 0.281 e. The monoisotopic (exact) mass is 498 g/mol. The van der Waals surface area contributed by atoms with E-state index in [-0.39, 0.29) is 30.3 Å². The molecule has 0 fully saturated rings. The first-order valence-electron chi connectivity index (χ1n) is 11.2. The van der Waals surface area contributed by atoms with Gasteiger partial charge < -0.3 is 15.6 Å². The molecule has 0 bridgehead atoms. The van der Waals surface area contributed by atoms with Crippen LogP contribution >= 0.6 is 0 Å². The molecule has 8 nitrogen and oxygen atoms in total. The standard InChI is InChI=1S/C25H27FN4O4S/c1-3-15-7-9-21-19(12-15)22(18-5-4-10-28-24(18)31)23(25(32)29-35(2,33)34)30(21)14-17-11-16(13-27)6-8-20(17)26/h4,6-12,18H,3,5,13-14,27H2,1-2H3,(H,28,31)(H,29,32). The van der Waals surface area contributed by atoms with Crippen LogP contribution in [0.2, 0.25) is 0 Å². The van der Waals surface area contributed by atoms with Gasteiger partial charge in [0.25, 0.3) is 5.91 Å². The number of carbonyl (C=O) groups is 2. The third kappa shape index (κ3) is 4.98. The molecule has 4 rings (SSSR count). The van der Waals surface area contributed by atoms with Gasteiger partial charge in [0.2, 0.25) is 15.9 Å². The molecule has 4 N–H and O–H groups in total. The van der Waals surface area contributed by atoms with Crippen molar-refractivity contribution < 1.29 is 22.4 Å². The van der Waals surface area contributed by atoms with E-state index in [0.717, 1.165) is 18.2 Å². The zero-order chi connectivity index (χ0) is 25.3. The second-order valence-electron chi connectivity index (χ2n) is 8.59. The molecule has 0 spiro atoms. The predicted octanol–water partition coefficient (Wildman–Crippen LogP) is 2.66. The fourth-order valence-corrected chi connectivity index (χ4v) is 4.91. The van der Waals surface area contributed by atoms with Crippen LogP contribution < -0.4 is 15.8 Å². The summed E-state index contributed by atoms with van der Waals surface area (Å²) in [5.74, 6) is -2.40. The van der Waals surface area contributed by atoms with Crippen molar-refractivity contribution >= 4 is 32.7 Å². The molecule has 1 aliphatic heterocycles. The van der Waals surface area contributed by atoms with Crippen LogP contribution in [0.1, 0.15) is 52.0 Å². The fraction of sp³-hybridized carbons (Fsp3) is 0.280. The lowest BCUT2D eigenvalue weighted by Crippen LogP contribution is -2.34. The van der Waals surface area contributed by atoms with Crippen molar-refractivity contribution in [3.8, 4) is 0 Å². The highest BCUT2D eigenvalue weighted by Crippen LogP contribution is 2.37. The molecule has 3 aromatic rings. The maximum absolute atomic E-state index is 14.8. The number of aryl methyl sites for hydroxylation is 1. The number of halogens is 1. The minimum absolute atomic E-state index is 0.00618. The summed E-state index contributed by atoms with van der Waals surface area (Å²) >= 11 is 0. The van der Waals surface area contributed by atoms with Crippen LogP contribution in [0, 0.1) is 5.82 Å². The highest BCUT2D eigenvalue weighted by atomic mass is 32.2. The number of benzene rings is 2. The summed E-state index contributed by atoms with van der Waals surface area (Å²) in [7, 11) is -3.91. The van der Waals surface area contributed by atoms with Crippen LogP contribution in [0.5, 0.6) is 0 Å². The molecule has 35 heavy (non-hydrogen) atoms. The highest BCUT2D eigenvalue weighted by molar-refractivity contribution is 7.89. The van der Waals surface area contributed by atoms with Gasteiger partial charge in [0.05, 0.1) is 18.7 Å². The summed E-state index contributed by atoms with van der Waals surface area (Å²) in [4.78, 5) is 26.3. The van der Waals surface area contributed by atoms with Crippen molar-refractivity contribution in [1.29, 1.82) is 0 Å². The number of carbonyl (C=O) groups excluding carboxylic acids is 2. The Kier molecular flexibility index (Phi) is 6.77. The molecule has 10 heteroatoms. The van der Waals surface area contributed by atoms with Gasteiger partial charge in [-0.3, -0.25) is 9.59 Å². The average molecular weight is 499 g/mol. The predicted molar refractivity (Wildman–Crippen MR) is 132 cm³/mol. The molecule has 0 saturated heterocycles. The van der Waals surface area contributed by atoms with E-state index in [1.807, 2.05) is 29.8 Å². The fourth-order valence-electron chi connectivity index (χ4n) is 4.47. The second-order valence-corrected chi connectivity index (χ2v) is 10.3. The van der Waals surface area contributed by atoms with E-state index < -0.39 is 27.7 Å². The Morgan fingerprint density at radius 1 is 1.23 bits per heavy atom. The number of hydrogen-bond acceptors (Lipinski definition) is 5. The zero-order valence-electron chi connectivity index (χ0n) is 19.5. The van der Waals surface area contributed by atoms with Gasteiger partial charge >= 0.3 is 0 Å². The van der Waals surface area contributed by atoms with E-state index in [1.54, 1.807) is 29.0 Å². The number of rotatable bonds is 7. The number of hydrogen-bond donors (Lipinski definition) is 3. The van der Waals surface area contributed by atoms with Crippen molar-refractivity contribution in [2.75, 3.05) is 6.26 Å². The molecule has 1 unspecified atom stereocenters. The number of aromatic nitrogens is 1. The van der Waals surface area contributed by atoms with Crippen molar-refractivity contribution in [2.45, 2.75) is 38.8 Å². The summed E-state index contributed by atoms with van der Waals surface area (Å²) in [5, 5.41) is 3.32. The molecule has 2 heterocycles. The van der Waals surface area contributed by atoms with E-state index in [9.17, 15) is 22.4 Å². The molecular formula is C25H27FN4O4S. The van der Waals surface area contributed by atoms with Gasteiger partial charge in [0.1, 0.15) is 11.5 Å². The quantitative estimate of drug-likeness (QED) is 0.462. The lowest BCUT2D eigenvalue weighted by molar-refractivity contribution is -0.121. The lowest BCUT2D eigenvalue weighted by atomic mass is 9.90. The van der Waals surface area contributed by atoms with Gasteiger partial charge in [0, 0.05) is 28.6 Å². The van der Waals surface area contributed by atoms with E-state index in [2.05, 4.69) is 5.32 Å². The normalized spacial score (nSPS) is 15.9. The maximum atomic E-state index is 14.8. The Hall–Kier alpha value is -3.50. The Bertz CT molecular complexity index is 1460. The van der Waals surface area contributed by atoms with Gasteiger partial charge in [-0.15, -0.1) is 0 Å². The Labute approximate surface area is 203 Å². The van der Waals surface area contributed by atoms with Crippen LogP contribution in [0.15, 0.2) is 48.7 Å². The van der Waals surface area contributed by atoms with E-state index >= 15 is 0 Å². The molecular weight excluding hydrogens is 471 g/mol. The molecule has 0 saturated carbocycles. The molecule has 1 aliphatic rings. The van der Waals surface area contributed by atoms with Crippen LogP contribution in [-0.2, 0) is 34.3 Å². The van der Waals surface area contributed by atoms with Crippen LogP contribution in [0.25, 0.3) is 10.9 Å². The Balaban J connectivity index is 2.03. The van der Waals surface area contributed by atoms with Gasteiger partial charge in [-0.05, 0) is 54.4 Å². The summed E-state index contributed by atoms with van der Waals surface area (Å²) in [6, 6.07) is 10.1. The first-order valence-corrected chi connectivity index (χ1v) is 13.1. The van der Waals surface area contributed by atoms with Crippen LogP contribution in [0.4, 0.5) is 4.39 Å². The lowest BCUT2D eigenvalue weighted by Gasteiger charge is -2.20. The molecule has 184 valence electrons. The number of fused-ring (bicyclic) bond motifs is 1. The van der Waals surface area contributed by atoms with Crippen molar-refractivity contribution in [2.24, 2.45) is 5.73 Å². The third-order valence-electron chi connectivity index (χ3n) is 6.12. The van der Waals surface area contributed by atoms with E-state index in [0.29, 0.717) is 28.5 Å². The minimum atomic E-state index is -3.91. The smallest absolute Gasteiger partial charge is 0.281 e. The SMILES string of the molecule is CCc1ccc2c(c1)c(C1CC=CNC1=O)c(C(=O)NS(C)(=O)=O)n2Cc1cc(CN)ccc1F. The number of nitrogens with two attached hydrogens (primary N) is 1. The first-order chi connectivity index (χ1) is 16.6. The third-order valence-corrected chi connectivity index (χ3v) is 6.68. The first kappa shape index (κ1) is 24.6. The summed E-state index contributed by atoms with van der Waals surface area (Å²) < 4.78 is 42.4. The number of allylic oxidation sites excluding steroid dienone is 1. The highest BCUT2D eigenvalue weighted by Gasteiger charge is 2.33. The van der Waals surface area contributed by atoms with Crippen LogP contribution in [-0.4, -0.2) is 31.1 Å². The van der Waals surface area contributed by atoms with Crippen LogP contribution in [0.3, 0.4) is 0 Å². The number of nitrogens with one attached hydrogen (secondary N) is 2. The van der Waals surface area contributed by atoms with Crippen molar-refractivity contribution in [1.82, 2.24) is 14.6 Å². The average Bonchev–Trinajstić information content (AvgIpc) is 3.13. The molecule has 2 amide bonds. The van der Waals surface area contributed by atoms with E-state index in [1.165, 1.54) is 6.07 Å². The number of amides is 2. The molecule has 2 aromatic carbocycles. The van der Waals surface area contributed by atoms with Crippen molar-refractivity contribution in [3.63, 3.8) is 0 Å². The molecule has 1 atom stereocenters. The summed E-state index contributed by atoms with van der Waals surface area (Å²) in [6.45, 7) is 2.14. The molecule has 0 aliphatic carbocycles. The Morgan fingerprint density at radius 3 is 2.63 bits per heavy atom. The number of sulfonamides is 1. The van der Waals surface area contributed by atoms with Gasteiger partial charge in [0.15, 0.2) is 0 Å². The Morgan fingerprint density at radius 2 is 1.97 bits per heavy atom. The minimum Gasteiger partial charge on any atom is -0.332 e. The molecule has 0 radical (unpaired) electrons. The number of nitrogens with zero attached hydrogens (tertiary/aromatic N) is 1. The van der Waals surface area contributed by atoms with E-state index in [4.69, 9.17) is 5.73 Å². The molecule has 1 aromatic heterocycles. The van der Waals surface area contributed by atoms with Gasteiger partial charge in [-0.25, -0.2) is 17.5 Å². The van der Waals surface area contributed by atoms with Gasteiger partial charge in [-0.2, -0.15) is 0 Å². The zero-order valence-corrected chi connectivity index (χ0v) is 20.3. The topological polar surface area (TPSA) is 123 Å². The summed E-state index contributed by atoms with van der Waals surface area (Å²) in [6.07, 6.45) is 5.25.